The molecule has 2 atom stereocenters. The second-order valence-electron chi connectivity index (χ2n) is 5.25. The minimum Gasteiger partial charge on any atom is -0.370 e. The molecule has 0 aliphatic carbocycles. The summed E-state index contributed by atoms with van der Waals surface area (Å²) >= 11 is 0. The number of nitrogens with one attached hydrogen (secondary N) is 5. The van der Waals surface area contributed by atoms with Crippen LogP contribution in [-0.2, 0) is 20.8 Å². The van der Waals surface area contributed by atoms with Crippen molar-refractivity contribution in [3.8, 4) is 0 Å². The molecular weight excluding hydrogens is 328 g/mol. The van der Waals surface area contributed by atoms with E-state index in [1.807, 2.05) is 0 Å². The third-order valence-electron chi connectivity index (χ3n) is 3.25. The number of hydrogen-bond donors (Lipinski definition) is 7. The molecular formula is C14H23N8O3. The van der Waals surface area contributed by atoms with Gasteiger partial charge in [-0.15, -0.1) is 0 Å². The first-order valence-electron chi connectivity index (χ1n) is 7.69. The lowest BCUT2D eigenvalue weighted by Gasteiger charge is -2.20. The minimum absolute atomic E-state index is 0.151. The maximum absolute atomic E-state index is 12.4. The fourth-order valence-electron chi connectivity index (χ4n) is 2.04. The van der Waals surface area contributed by atoms with E-state index in [-0.39, 0.29) is 18.9 Å². The predicted molar refractivity (Wildman–Crippen MR) is 90.1 cm³/mol. The number of nitrogens with two attached hydrogens (primary N) is 2. The Balaban J connectivity index is 2.59. The number of H-pyrrole nitrogens is 1. The van der Waals surface area contributed by atoms with Crippen LogP contribution in [0.4, 0.5) is 0 Å². The third kappa shape index (κ3) is 7.92. The molecule has 0 fully saturated rings. The van der Waals surface area contributed by atoms with Crippen LogP contribution in [0.1, 0.15) is 18.5 Å². The van der Waals surface area contributed by atoms with Crippen LogP contribution < -0.4 is 27.4 Å². The molecule has 1 rings (SSSR count). The van der Waals surface area contributed by atoms with E-state index in [1.54, 1.807) is 12.5 Å². The molecule has 0 spiro atoms. The number of carbonyl (C=O) groups is 2. The van der Waals surface area contributed by atoms with E-state index >= 15 is 0 Å². The maximum atomic E-state index is 12.4. The number of nitrogens with zero attached hydrogens (tertiary/aromatic N) is 1. The Bertz CT molecular complexity index is 575. The highest BCUT2D eigenvalue weighted by Crippen LogP contribution is 2.01. The van der Waals surface area contributed by atoms with E-state index in [2.05, 4.69) is 25.9 Å². The summed E-state index contributed by atoms with van der Waals surface area (Å²) in [4.78, 5) is 41.7. The summed E-state index contributed by atoms with van der Waals surface area (Å²) in [6.07, 6.45) is 5.77. The first kappa shape index (κ1) is 20.1. The molecule has 1 aromatic heterocycles. The number of amides is 2. The predicted octanol–water partition coefficient (Wildman–Crippen LogP) is -2.75. The van der Waals surface area contributed by atoms with Crippen molar-refractivity contribution >= 4 is 24.1 Å². The van der Waals surface area contributed by atoms with Gasteiger partial charge in [0.1, 0.15) is 6.04 Å². The number of guanidine groups is 1. The highest BCUT2D eigenvalue weighted by atomic mass is 16.2. The highest BCUT2D eigenvalue weighted by molar-refractivity contribution is 5.89. The van der Waals surface area contributed by atoms with Crippen LogP contribution in [0.15, 0.2) is 12.5 Å². The fourth-order valence-corrected chi connectivity index (χ4v) is 2.04. The molecule has 0 unspecified atom stereocenters. The van der Waals surface area contributed by atoms with E-state index in [0.29, 0.717) is 25.1 Å². The van der Waals surface area contributed by atoms with Gasteiger partial charge in [0.15, 0.2) is 5.96 Å². The molecule has 11 heteroatoms. The molecule has 0 bridgehead atoms. The highest BCUT2D eigenvalue weighted by Gasteiger charge is 2.24. The molecule has 1 aromatic rings. The number of hydrogen-bond acceptors (Lipinski definition) is 6. The molecule has 1 heterocycles. The summed E-state index contributed by atoms with van der Waals surface area (Å²) in [5.74, 6) is -1.19. The molecule has 25 heavy (non-hydrogen) atoms. The molecule has 0 saturated heterocycles. The second kappa shape index (κ2) is 10.8. The molecule has 0 aromatic carbocycles. The molecule has 137 valence electrons. The van der Waals surface area contributed by atoms with Gasteiger partial charge in [0.05, 0.1) is 24.6 Å². The number of aromatic amines is 1. The van der Waals surface area contributed by atoms with Crippen LogP contribution in [0.5, 0.6) is 0 Å². The molecule has 1 radical (unpaired) electrons. The van der Waals surface area contributed by atoms with Gasteiger partial charge in [-0.25, -0.2) is 4.98 Å². The van der Waals surface area contributed by atoms with E-state index in [0.717, 1.165) is 0 Å². The van der Waals surface area contributed by atoms with Gasteiger partial charge < -0.3 is 32.4 Å². The monoisotopic (exact) mass is 351 g/mol. The van der Waals surface area contributed by atoms with Crippen LogP contribution in [0, 0.1) is 5.41 Å². The average Bonchev–Trinajstić information content (AvgIpc) is 3.09. The smallest absolute Gasteiger partial charge is 0.243 e. The van der Waals surface area contributed by atoms with Crippen molar-refractivity contribution in [3.63, 3.8) is 0 Å². The van der Waals surface area contributed by atoms with Crippen molar-refractivity contribution in [3.05, 3.63) is 18.2 Å². The van der Waals surface area contributed by atoms with Crippen LogP contribution in [0.25, 0.3) is 0 Å². The zero-order valence-corrected chi connectivity index (χ0v) is 13.7. The number of carbonyl (C=O) groups excluding carboxylic acids is 3. The molecule has 0 aliphatic heterocycles. The van der Waals surface area contributed by atoms with Crippen molar-refractivity contribution < 1.29 is 14.4 Å². The quantitative estimate of drug-likeness (QED) is 0.128. The zero-order chi connectivity index (χ0) is 18.7. The zero-order valence-electron chi connectivity index (χ0n) is 13.7. The summed E-state index contributed by atoms with van der Waals surface area (Å²) in [7, 11) is 0. The molecule has 0 aliphatic rings. The van der Waals surface area contributed by atoms with Gasteiger partial charge in [0, 0.05) is 19.2 Å². The maximum Gasteiger partial charge on any atom is 0.243 e. The van der Waals surface area contributed by atoms with Crippen molar-refractivity contribution in [2.24, 2.45) is 11.5 Å². The minimum atomic E-state index is -0.912. The lowest BCUT2D eigenvalue weighted by atomic mass is 10.1. The van der Waals surface area contributed by atoms with Crippen LogP contribution in [-0.4, -0.2) is 59.2 Å². The summed E-state index contributed by atoms with van der Waals surface area (Å²) in [6, 6.07) is -1.75. The Kier molecular flexibility index (Phi) is 8.65. The van der Waals surface area contributed by atoms with Crippen molar-refractivity contribution in [2.45, 2.75) is 31.3 Å². The van der Waals surface area contributed by atoms with Gasteiger partial charge in [-0.05, 0) is 12.8 Å². The Labute approximate surface area is 144 Å². The summed E-state index contributed by atoms with van der Waals surface area (Å²) < 4.78 is 0. The van der Waals surface area contributed by atoms with Gasteiger partial charge in [-0.2, -0.15) is 0 Å². The van der Waals surface area contributed by atoms with Gasteiger partial charge in [-0.1, -0.05) is 0 Å². The number of imidazole rings is 1. The Hall–Kier alpha value is -2.95. The largest absolute Gasteiger partial charge is 0.370 e. The first-order valence-corrected chi connectivity index (χ1v) is 7.69. The van der Waals surface area contributed by atoms with Crippen LogP contribution >= 0.6 is 0 Å². The first-order chi connectivity index (χ1) is 12.0. The van der Waals surface area contributed by atoms with Gasteiger partial charge in [0.2, 0.25) is 18.1 Å². The lowest BCUT2D eigenvalue weighted by Crippen LogP contribution is -2.52. The van der Waals surface area contributed by atoms with Crippen LogP contribution in [0.2, 0.25) is 0 Å². The van der Waals surface area contributed by atoms with E-state index in [4.69, 9.17) is 16.9 Å². The second-order valence-corrected chi connectivity index (χ2v) is 5.25. The summed E-state index contributed by atoms with van der Waals surface area (Å²) in [5, 5.41) is 14.7. The molecule has 9 N–H and O–H groups in total. The fraction of sp³-hybridized carbons (Fsp3) is 0.500. The van der Waals surface area contributed by atoms with Crippen molar-refractivity contribution in [2.75, 3.05) is 13.1 Å². The number of aromatic nitrogens is 2. The van der Waals surface area contributed by atoms with Crippen LogP contribution in [0.3, 0.4) is 0 Å². The average molecular weight is 351 g/mol. The standard InChI is InChI=1S/C14H23N8O3/c15-5-12(24)22-11(4-10-6-18-8-20-10)13(25)21-9(7-23)2-1-3-19-14(16)17/h6,8-9,11H,1-5,15H2,(H,18,20)(H,21,25)(H,22,24)(H4,16,17,19)/t9-,11-/m0/s1. The van der Waals surface area contributed by atoms with Gasteiger partial charge >= 0.3 is 0 Å². The Morgan fingerprint density at radius 1 is 1.40 bits per heavy atom. The van der Waals surface area contributed by atoms with Gasteiger partial charge in [-0.3, -0.25) is 19.8 Å². The molecule has 11 nitrogen and oxygen atoms in total. The van der Waals surface area contributed by atoms with Gasteiger partial charge in [0.25, 0.3) is 0 Å². The Morgan fingerprint density at radius 3 is 2.72 bits per heavy atom. The van der Waals surface area contributed by atoms with Crippen molar-refractivity contribution in [1.29, 1.82) is 5.41 Å². The molecule has 0 saturated carbocycles. The normalized spacial score (nSPS) is 12.7. The van der Waals surface area contributed by atoms with Crippen molar-refractivity contribution in [1.82, 2.24) is 25.9 Å². The van der Waals surface area contributed by atoms with E-state index in [9.17, 15) is 14.4 Å². The SMILES string of the molecule is N=C(N)NCCC[C@@H]([C]=O)NC(=O)[C@H](Cc1c[nH]cn1)NC(=O)CN. The topological polar surface area (TPSA) is 192 Å². The summed E-state index contributed by atoms with van der Waals surface area (Å²) in [5.41, 5.74) is 11.0. The lowest BCUT2D eigenvalue weighted by molar-refractivity contribution is -0.128. The third-order valence-corrected chi connectivity index (χ3v) is 3.25. The number of rotatable bonds is 11. The summed E-state index contributed by atoms with van der Waals surface area (Å²) in [6.45, 7) is 0.133. The Morgan fingerprint density at radius 2 is 2.16 bits per heavy atom. The molecule has 2 amide bonds. The van der Waals surface area contributed by atoms with E-state index in [1.165, 1.54) is 6.33 Å². The van der Waals surface area contributed by atoms with E-state index < -0.39 is 23.9 Å².